The Balaban J connectivity index is 1.20. The van der Waals surface area contributed by atoms with Gasteiger partial charge in [-0.1, -0.05) is 23.7 Å². The van der Waals surface area contributed by atoms with E-state index in [1.54, 1.807) is 6.07 Å². The summed E-state index contributed by atoms with van der Waals surface area (Å²) in [5, 5.41) is 14.3. The van der Waals surface area contributed by atoms with Crippen LogP contribution in [-0.4, -0.2) is 54.5 Å². The number of amides is 1. The molecule has 1 fully saturated rings. The summed E-state index contributed by atoms with van der Waals surface area (Å²) in [6.45, 7) is 4.35. The third-order valence-corrected chi connectivity index (χ3v) is 5.98. The number of piperidine rings is 1. The van der Waals surface area contributed by atoms with Crippen LogP contribution < -0.4 is 19.5 Å². The molecular weight excluding hydrogens is 420 g/mol. The number of aryl methyl sites for hydroxylation is 1. The van der Waals surface area contributed by atoms with E-state index >= 15 is 0 Å². The van der Waals surface area contributed by atoms with Gasteiger partial charge in [-0.2, -0.15) is 0 Å². The lowest BCUT2D eigenvalue weighted by Gasteiger charge is -2.37. The predicted octanol–water partition coefficient (Wildman–Crippen LogP) is 2.90. The van der Waals surface area contributed by atoms with Crippen LogP contribution >= 0.6 is 11.6 Å². The van der Waals surface area contributed by atoms with Crippen molar-refractivity contribution in [3.63, 3.8) is 0 Å². The van der Waals surface area contributed by atoms with Crippen LogP contribution in [-0.2, 0) is 11.3 Å². The van der Waals surface area contributed by atoms with Gasteiger partial charge in [0.25, 0.3) is 0 Å². The molecule has 2 aliphatic heterocycles. The van der Waals surface area contributed by atoms with Crippen LogP contribution in [0, 0.1) is 6.92 Å². The van der Waals surface area contributed by atoms with Gasteiger partial charge in [0.2, 0.25) is 12.7 Å². The first-order valence-electron chi connectivity index (χ1n) is 10.4. The number of benzene rings is 2. The number of halogens is 1. The van der Waals surface area contributed by atoms with Crippen molar-refractivity contribution in [2.75, 3.05) is 33.0 Å². The van der Waals surface area contributed by atoms with Crippen molar-refractivity contribution in [2.24, 2.45) is 0 Å². The molecule has 4 rings (SSSR count). The normalized spacial score (nSPS) is 17.4. The second-order valence-corrected chi connectivity index (χ2v) is 8.59. The lowest BCUT2D eigenvalue weighted by atomic mass is 9.92. The summed E-state index contributed by atoms with van der Waals surface area (Å²) in [4.78, 5) is 14.4. The Kier molecular flexibility index (Phi) is 6.55. The number of aliphatic hydroxyl groups is 1. The molecule has 1 saturated heterocycles. The zero-order valence-electron chi connectivity index (χ0n) is 17.5. The number of hydrogen-bond acceptors (Lipinski definition) is 6. The van der Waals surface area contributed by atoms with Crippen molar-refractivity contribution < 1.29 is 24.1 Å². The van der Waals surface area contributed by atoms with Crippen molar-refractivity contribution in [1.82, 2.24) is 10.2 Å². The first-order valence-corrected chi connectivity index (χ1v) is 10.8. The molecule has 0 spiro atoms. The van der Waals surface area contributed by atoms with E-state index in [9.17, 15) is 9.90 Å². The number of likely N-dealkylation sites (tertiary alicyclic amines) is 1. The Morgan fingerprint density at radius 3 is 2.77 bits per heavy atom. The van der Waals surface area contributed by atoms with E-state index in [0.29, 0.717) is 55.5 Å². The summed E-state index contributed by atoms with van der Waals surface area (Å²) in [5.41, 5.74) is 1.08. The topological polar surface area (TPSA) is 80.3 Å². The zero-order chi connectivity index (χ0) is 21.8. The highest BCUT2D eigenvalue weighted by molar-refractivity contribution is 6.32. The molecule has 2 heterocycles. The molecule has 2 aromatic carbocycles. The first kappa shape index (κ1) is 21.7. The second kappa shape index (κ2) is 9.34. The second-order valence-electron chi connectivity index (χ2n) is 8.19. The molecule has 2 aromatic rings. The van der Waals surface area contributed by atoms with Crippen LogP contribution in [0.3, 0.4) is 0 Å². The fourth-order valence-corrected chi connectivity index (χ4v) is 3.89. The average molecular weight is 447 g/mol. The van der Waals surface area contributed by atoms with Gasteiger partial charge in [0.1, 0.15) is 18.0 Å². The van der Waals surface area contributed by atoms with E-state index < -0.39 is 5.60 Å². The molecule has 166 valence electrons. The Morgan fingerprint density at radius 2 is 1.97 bits per heavy atom. The lowest BCUT2D eigenvalue weighted by molar-refractivity contribution is -0.124. The Morgan fingerprint density at radius 1 is 1.19 bits per heavy atom. The summed E-state index contributed by atoms with van der Waals surface area (Å²) in [6, 6.07) is 11.2. The SMILES string of the molecule is Cc1ccc(Cl)c(OCC2(O)CCN(CC(=O)NCc3ccc4c(c3)OCO4)CC2)c1. The Labute approximate surface area is 186 Å². The Bertz CT molecular complexity index is 944. The highest BCUT2D eigenvalue weighted by Gasteiger charge is 2.33. The first-order chi connectivity index (χ1) is 14.9. The number of carbonyl (C=O) groups is 1. The van der Waals surface area contributed by atoms with E-state index in [1.165, 1.54) is 0 Å². The van der Waals surface area contributed by atoms with Gasteiger partial charge in [-0.25, -0.2) is 0 Å². The quantitative estimate of drug-likeness (QED) is 0.680. The lowest BCUT2D eigenvalue weighted by Crippen LogP contribution is -2.50. The number of fused-ring (bicyclic) bond motifs is 1. The maximum absolute atomic E-state index is 12.3. The Hall–Kier alpha value is -2.48. The maximum atomic E-state index is 12.3. The van der Waals surface area contributed by atoms with Crippen LogP contribution in [0.25, 0.3) is 0 Å². The van der Waals surface area contributed by atoms with Gasteiger partial charge in [0, 0.05) is 19.6 Å². The minimum atomic E-state index is -0.924. The van der Waals surface area contributed by atoms with Gasteiger partial charge >= 0.3 is 0 Å². The molecule has 31 heavy (non-hydrogen) atoms. The van der Waals surface area contributed by atoms with E-state index in [1.807, 2.05) is 42.2 Å². The maximum Gasteiger partial charge on any atom is 0.234 e. The van der Waals surface area contributed by atoms with E-state index in [-0.39, 0.29) is 19.3 Å². The van der Waals surface area contributed by atoms with Crippen molar-refractivity contribution >= 4 is 17.5 Å². The van der Waals surface area contributed by atoms with E-state index in [4.69, 9.17) is 25.8 Å². The molecule has 2 N–H and O–H groups in total. The summed E-state index contributed by atoms with van der Waals surface area (Å²) >= 11 is 6.17. The van der Waals surface area contributed by atoms with Crippen LogP contribution in [0.1, 0.15) is 24.0 Å². The molecule has 0 unspecified atom stereocenters. The fraction of sp³-hybridized carbons (Fsp3) is 0.435. The largest absolute Gasteiger partial charge is 0.489 e. The highest BCUT2D eigenvalue weighted by atomic mass is 35.5. The molecule has 2 aliphatic rings. The molecular formula is C23H27ClN2O5. The van der Waals surface area contributed by atoms with E-state index in [0.717, 1.165) is 16.9 Å². The minimum Gasteiger partial charge on any atom is -0.489 e. The molecule has 8 heteroatoms. The molecule has 0 aliphatic carbocycles. The molecule has 0 bridgehead atoms. The molecule has 0 saturated carbocycles. The minimum absolute atomic E-state index is 0.0501. The monoisotopic (exact) mass is 446 g/mol. The number of nitrogens with zero attached hydrogens (tertiary/aromatic N) is 1. The number of ether oxygens (including phenoxy) is 3. The fourth-order valence-electron chi connectivity index (χ4n) is 3.72. The predicted molar refractivity (Wildman–Crippen MR) is 117 cm³/mol. The standard InChI is InChI=1S/C23H27ClN2O5/c1-16-2-4-18(24)20(10-16)29-14-23(28)6-8-26(9-7-23)13-22(27)25-12-17-3-5-19-21(11-17)31-15-30-19/h2-5,10-11,28H,6-9,12-15H2,1H3,(H,25,27). The summed E-state index contributed by atoms with van der Waals surface area (Å²) in [5.74, 6) is 1.96. The third kappa shape index (κ3) is 5.61. The van der Waals surface area contributed by atoms with Crippen molar-refractivity contribution in [3.05, 3.63) is 52.5 Å². The molecule has 0 aromatic heterocycles. The van der Waals surface area contributed by atoms with E-state index in [2.05, 4.69) is 5.32 Å². The highest BCUT2D eigenvalue weighted by Crippen LogP contribution is 2.32. The van der Waals surface area contributed by atoms with Gasteiger partial charge in [0.15, 0.2) is 11.5 Å². The van der Waals surface area contributed by atoms with Gasteiger partial charge in [-0.05, 0) is 55.2 Å². The zero-order valence-corrected chi connectivity index (χ0v) is 18.3. The number of hydrogen-bond donors (Lipinski definition) is 2. The van der Waals surface area contributed by atoms with Crippen LogP contribution in [0.4, 0.5) is 0 Å². The van der Waals surface area contributed by atoms with Gasteiger partial charge in [0.05, 0.1) is 11.6 Å². The van der Waals surface area contributed by atoms with Crippen molar-refractivity contribution in [3.8, 4) is 17.2 Å². The average Bonchev–Trinajstić information content (AvgIpc) is 3.23. The number of carbonyl (C=O) groups excluding carboxylic acids is 1. The number of nitrogens with one attached hydrogen (secondary N) is 1. The molecule has 7 nitrogen and oxygen atoms in total. The number of rotatable bonds is 7. The summed E-state index contributed by atoms with van der Waals surface area (Å²) < 4.78 is 16.5. The molecule has 1 amide bonds. The van der Waals surface area contributed by atoms with Crippen LogP contribution in [0.5, 0.6) is 17.2 Å². The summed E-state index contributed by atoms with van der Waals surface area (Å²) in [7, 11) is 0. The smallest absolute Gasteiger partial charge is 0.234 e. The van der Waals surface area contributed by atoms with Crippen LogP contribution in [0.15, 0.2) is 36.4 Å². The van der Waals surface area contributed by atoms with Crippen LogP contribution in [0.2, 0.25) is 5.02 Å². The van der Waals surface area contributed by atoms with Crippen molar-refractivity contribution in [1.29, 1.82) is 0 Å². The third-order valence-electron chi connectivity index (χ3n) is 5.66. The summed E-state index contributed by atoms with van der Waals surface area (Å²) in [6.07, 6.45) is 1.07. The molecule has 0 radical (unpaired) electrons. The van der Waals surface area contributed by atoms with Gasteiger partial charge in [-0.15, -0.1) is 0 Å². The van der Waals surface area contributed by atoms with Gasteiger partial charge in [-0.3, -0.25) is 9.69 Å². The molecule has 0 atom stereocenters. The van der Waals surface area contributed by atoms with Crippen molar-refractivity contribution in [2.45, 2.75) is 31.9 Å². The van der Waals surface area contributed by atoms with Gasteiger partial charge < -0.3 is 24.6 Å².